The molecule has 2 aromatic rings. The van der Waals surface area contributed by atoms with Crippen molar-refractivity contribution in [3.8, 4) is 5.75 Å². The van der Waals surface area contributed by atoms with E-state index in [0.29, 0.717) is 27.8 Å². The van der Waals surface area contributed by atoms with Gasteiger partial charge in [0.05, 0.1) is 10.6 Å². The number of benzene rings is 1. The lowest BCUT2D eigenvalue weighted by Gasteiger charge is -2.17. The Morgan fingerprint density at radius 2 is 2.00 bits per heavy atom. The van der Waals surface area contributed by atoms with Crippen molar-refractivity contribution in [3.05, 3.63) is 52.5 Å². The minimum Gasteiger partial charge on any atom is -0.481 e. The van der Waals surface area contributed by atoms with Gasteiger partial charge in [-0.25, -0.2) is 9.97 Å². The van der Waals surface area contributed by atoms with E-state index in [1.54, 1.807) is 18.2 Å². The lowest BCUT2D eigenvalue weighted by molar-refractivity contribution is 0.0786. The molecular weight excluding hydrogens is 299 g/mol. The lowest BCUT2D eigenvalue weighted by atomic mass is 10.1. The molecule has 1 heterocycles. The fraction of sp³-hybridized carbons (Fsp3) is 0.214. The molecule has 0 saturated carbocycles. The molecule has 1 aromatic carbocycles. The van der Waals surface area contributed by atoms with Crippen LogP contribution >= 0.6 is 23.2 Å². The zero-order valence-corrected chi connectivity index (χ0v) is 12.2. The summed E-state index contributed by atoms with van der Waals surface area (Å²) in [5, 5.41) is 0.881. The quantitative estimate of drug-likeness (QED) is 0.788. The van der Waals surface area contributed by atoms with Crippen LogP contribution in [-0.4, -0.2) is 21.9 Å². The predicted octanol–water partition coefficient (Wildman–Crippen LogP) is 3.82. The van der Waals surface area contributed by atoms with Crippen LogP contribution in [0.3, 0.4) is 0 Å². The monoisotopic (exact) mass is 310 g/mol. The lowest BCUT2D eigenvalue weighted by Crippen LogP contribution is -2.27. The molecule has 0 radical (unpaired) electrons. The molecule has 1 aromatic heterocycles. The molecular formula is C14H12Cl2N2O2. The molecule has 1 atom stereocenters. The summed E-state index contributed by atoms with van der Waals surface area (Å²) < 4.78 is 5.67. The molecule has 0 bridgehead atoms. The van der Waals surface area contributed by atoms with Crippen molar-refractivity contribution in [2.24, 2.45) is 0 Å². The summed E-state index contributed by atoms with van der Waals surface area (Å²) in [4.78, 5) is 19.9. The third-order valence-electron chi connectivity index (χ3n) is 2.67. The van der Waals surface area contributed by atoms with E-state index in [0.717, 1.165) is 0 Å². The molecule has 0 saturated heterocycles. The number of carbonyl (C=O) groups is 1. The first kappa shape index (κ1) is 14.8. The Hall–Kier alpha value is -1.65. The van der Waals surface area contributed by atoms with Gasteiger partial charge in [0.1, 0.15) is 12.1 Å². The molecule has 0 N–H and O–H groups in total. The number of Topliss-reactive ketones (excluding diaryl/α,β-unsaturated/α-hetero) is 1. The van der Waals surface area contributed by atoms with Crippen molar-refractivity contribution < 1.29 is 9.53 Å². The van der Waals surface area contributed by atoms with Crippen molar-refractivity contribution in [1.82, 2.24) is 9.97 Å². The standard InChI is InChI=1S/C14H12Cl2N2O2/c1-2-12(14(19)9-6-17-8-18-7-9)20-13-4-3-10(15)5-11(13)16/h3-8,12H,2H2,1H3. The van der Waals surface area contributed by atoms with Gasteiger partial charge in [-0.3, -0.25) is 4.79 Å². The highest BCUT2D eigenvalue weighted by Gasteiger charge is 2.21. The topological polar surface area (TPSA) is 52.1 Å². The summed E-state index contributed by atoms with van der Waals surface area (Å²) in [5.74, 6) is 0.243. The van der Waals surface area contributed by atoms with Gasteiger partial charge in [-0.1, -0.05) is 30.1 Å². The molecule has 0 amide bonds. The maximum Gasteiger partial charge on any atom is 0.206 e. The van der Waals surface area contributed by atoms with E-state index in [-0.39, 0.29) is 5.78 Å². The summed E-state index contributed by atoms with van der Waals surface area (Å²) in [5.41, 5.74) is 0.407. The van der Waals surface area contributed by atoms with Gasteiger partial charge in [-0.2, -0.15) is 0 Å². The van der Waals surface area contributed by atoms with Crippen LogP contribution in [0.4, 0.5) is 0 Å². The number of ether oxygens (including phenoxy) is 1. The summed E-state index contributed by atoms with van der Waals surface area (Å²) in [6.07, 6.45) is 4.16. The molecule has 1 unspecified atom stereocenters. The Morgan fingerprint density at radius 3 is 2.60 bits per heavy atom. The zero-order chi connectivity index (χ0) is 14.5. The highest BCUT2D eigenvalue weighted by Crippen LogP contribution is 2.29. The molecule has 0 aliphatic heterocycles. The van der Waals surface area contributed by atoms with E-state index in [1.807, 2.05) is 6.92 Å². The number of rotatable bonds is 5. The van der Waals surface area contributed by atoms with Gasteiger partial charge in [0.15, 0.2) is 6.10 Å². The second-order valence-corrected chi connectivity index (χ2v) is 4.92. The molecule has 0 fully saturated rings. The minimum atomic E-state index is -0.639. The van der Waals surface area contributed by atoms with Crippen molar-refractivity contribution in [1.29, 1.82) is 0 Å². The fourth-order valence-electron chi connectivity index (χ4n) is 1.66. The first-order valence-corrected chi connectivity index (χ1v) is 6.78. The average molecular weight is 311 g/mol. The van der Waals surface area contributed by atoms with Gasteiger partial charge in [0, 0.05) is 17.4 Å². The Bertz CT molecular complexity index is 605. The molecule has 104 valence electrons. The first-order chi connectivity index (χ1) is 9.61. The summed E-state index contributed by atoms with van der Waals surface area (Å²) in [6.45, 7) is 1.86. The van der Waals surface area contributed by atoms with E-state index in [9.17, 15) is 4.79 Å². The second-order valence-electron chi connectivity index (χ2n) is 4.08. The third kappa shape index (κ3) is 3.46. The van der Waals surface area contributed by atoms with Gasteiger partial charge in [0.25, 0.3) is 0 Å². The van der Waals surface area contributed by atoms with Crippen molar-refractivity contribution in [3.63, 3.8) is 0 Å². The largest absolute Gasteiger partial charge is 0.481 e. The Morgan fingerprint density at radius 1 is 1.30 bits per heavy atom. The number of carbonyl (C=O) groups excluding carboxylic acids is 1. The number of ketones is 1. The van der Waals surface area contributed by atoms with Crippen LogP contribution < -0.4 is 4.74 Å². The zero-order valence-electron chi connectivity index (χ0n) is 10.7. The maximum absolute atomic E-state index is 12.3. The number of hydrogen-bond acceptors (Lipinski definition) is 4. The van der Waals surface area contributed by atoms with Gasteiger partial charge >= 0.3 is 0 Å². The molecule has 0 aliphatic carbocycles. The minimum absolute atomic E-state index is 0.181. The molecule has 4 nitrogen and oxygen atoms in total. The SMILES string of the molecule is CCC(Oc1ccc(Cl)cc1Cl)C(=O)c1cncnc1. The van der Waals surface area contributed by atoms with Crippen LogP contribution in [0.1, 0.15) is 23.7 Å². The molecule has 6 heteroatoms. The van der Waals surface area contributed by atoms with Gasteiger partial charge in [0.2, 0.25) is 5.78 Å². The van der Waals surface area contributed by atoms with Crippen LogP contribution in [0.5, 0.6) is 5.75 Å². The summed E-state index contributed by atoms with van der Waals surface area (Å²) >= 11 is 11.9. The van der Waals surface area contributed by atoms with Gasteiger partial charge < -0.3 is 4.74 Å². The third-order valence-corrected chi connectivity index (χ3v) is 3.20. The van der Waals surface area contributed by atoms with Crippen LogP contribution in [0, 0.1) is 0 Å². The predicted molar refractivity (Wildman–Crippen MR) is 77.5 cm³/mol. The molecule has 2 rings (SSSR count). The maximum atomic E-state index is 12.3. The number of halogens is 2. The normalized spacial score (nSPS) is 11.9. The van der Waals surface area contributed by atoms with E-state index >= 15 is 0 Å². The van der Waals surface area contributed by atoms with E-state index in [2.05, 4.69) is 9.97 Å². The van der Waals surface area contributed by atoms with Gasteiger partial charge in [-0.15, -0.1) is 0 Å². The molecule has 0 aliphatic rings. The molecule has 20 heavy (non-hydrogen) atoms. The van der Waals surface area contributed by atoms with E-state index < -0.39 is 6.10 Å². The Kier molecular flexibility index (Phi) is 4.93. The number of hydrogen-bond donors (Lipinski definition) is 0. The number of nitrogens with zero attached hydrogens (tertiary/aromatic N) is 2. The highest BCUT2D eigenvalue weighted by molar-refractivity contribution is 6.35. The first-order valence-electron chi connectivity index (χ1n) is 6.02. The van der Waals surface area contributed by atoms with Crippen LogP contribution in [0.25, 0.3) is 0 Å². The number of aromatic nitrogens is 2. The average Bonchev–Trinajstić information content (AvgIpc) is 2.47. The summed E-state index contributed by atoms with van der Waals surface area (Å²) in [7, 11) is 0. The van der Waals surface area contributed by atoms with Crippen LogP contribution in [0.15, 0.2) is 36.9 Å². The van der Waals surface area contributed by atoms with Crippen LogP contribution in [-0.2, 0) is 0 Å². The molecule has 0 spiro atoms. The Balaban J connectivity index is 2.19. The Labute approximate surface area is 126 Å². The van der Waals surface area contributed by atoms with E-state index in [4.69, 9.17) is 27.9 Å². The van der Waals surface area contributed by atoms with Crippen molar-refractivity contribution >= 4 is 29.0 Å². The van der Waals surface area contributed by atoms with E-state index in [1.165, 1.54) is 18.7 Å². The van der Waals surface area contributed by atoms with Crippen molar-refractivity contribution in [2.45, 2.75) is 19.4 Å². The van der Waals surface area contributed by atoms with Crippen LogP contribution in [0.2, 0.25) is 10.0 Å². The fourth-order valence-corrected chi connectivity index (χ4v) is 2.11. The van der Waals surface area contributed by atoms with Crippen molar-refractivity contribution in [2.75, 3.05) is 0 Å². The second kappa shape index (κ2) is 6.68. The smallest absolute Gasteiger partial charge is 0.206 e. The summed E-state index contributed by atoms with van der Waals surface area (Å²) in [6, 6.07) is 4.87. The highest BCUT2D eigenvalue weighted by atomic mass is 35.5. The van der Waals surface area contributed by atoms with Gasteiger partial charge in [-0.05, 0) is 24.6 Å².